The van der Waals surface area contributed by atoms with E-state index >= 15 is 0 Å². The molecule has 2 amide bonds. The van der Waals surface area contributed by atoms with Crippen molar-refractivity contribution in [2.24, 2.45) is 0 Å². The van der Waals surface area contributed by atoms with Crippen molar-refractivity contribution in [2.75, 3.05) is 5.32 Å². The van der Waals surface area contributed by atoms with Gasteiger partial charge in [0.1, 0.15) is 10.6 Å². The lowest BCUT2D eigenvalue weighted by Crippen LogP contribution is -2.40. The van der Waals surface area contributed by atoms with Gasteiger partial charge in [0, 0.05) is 18.3 Å². The van der Waals surface area contributed by atoms with Crippen LogP contribution in [0.25, 0.3) is 0 Å². The number of rotatable bonds is 8. The highest BCUT2D eigenvalue weighted by Gasteiger charge is 2.32. The number of carbonyl (C=O) groups excluding carboxylic acids is 1. The Morgan fingerprint density at radius 1 is 1.00 bits per heavy atom. The Hall–Kier alpha value is -3.53. The van der Waals surface area contributed by atoms with Crippen molar-refractivity contribution in [3.8, 4) is 5.75 Å². The van der Waals surface area contributed by atoms with Crippen LogP contribution in [0.1, 0.15) is 31.4 Å². The third-order valence-corrected chi connectivity index (χ3v) is 6.58. The van der Waals surface area contributed by atoms with E-state index in [1.165, 1.54) is 12.1 Å². The maximum Gasteiger partial charge on any atom is 0.416 e. The first-order valence-electron chi connectivity index (χ1n) is 10.8. The standard InChI is InChI=1S/C25H25F3N2O4S/c1-3-18(2)30(24(31)29-21-9-5-4-6-10-21)17-19-12-14-22(15-13-19)34-35(32,33)23-11-7-8-20(16-23)25(26,27)28/h4-16,18H,3,17H2,1-2H3,(H,29,31). The highest BCUT2D eigenvalue weighted by Crippen LogP contribution is 2.31. The molecular weight excluding hydrogens is 481 g/mol. The van der Waals surface area contributed by atoms with Crippen LogP contribution in [-0.2, 0) is 22.8 Å². The third kappa shape index (κ3) is 6.98. The van der Waals surface area contributed by atoms with Crippen LogP contribution in [0.4, 0.5) is 23.7 Å². The molecular formula is C25H25F3N2O4S. The van der Waals surface area contributed by atoms with Crippen molar-refractivity contribution >= 4 is 21.8 Å². The van der Waals surface area contributed by atoms with E-state index in [9.17, 15) is 26.4 Å². The minimum Gasteiger partial charge on any atom is -0.379 e. The average molecular weight is 507 g/mol. The van der Waals surface area contributed by atoms with E-state index in [1.54, 1.807) is 29.2 Å². The molecule has 3 rings (SSSR count). The van der Waals surface area contributed by atoms with E-state index < -0.39 is 26.8 Å². The molecule has 1 atom stereocenters. The Morgan fingerprint density at radius 3 is 2.26 bits per heavy atom. The Balaban J connectivity index is 1.73. The van der Waals surface area contributed by atoms with Crippen molar-refractivity contribution < 1.29 is 30.6 Å². The predicted molar refractivity (Wildman–Crippen MR) is 126 cm³/mol. The zero-order valence-corrected chi connectivity index (χ0v) is 19.9. The number of para-hydroxylation sites is 1. The lowest BCUT2D eigenvalue weighted by atomic mass is 10.1. The van der Waals surface area contributed by atoms with Crippen molar-refractivity contribution in [1.29, 1.82) is 0 Å². The van der Waals surface area contributed by atoms with Crippen LogP contribution >= 0.6 is 0 Å². The predicted octanol–water partition coefficient (Wildman–Crippen LogP) is 6.31. The Labute approximate surface area is 202 Å². The number of hydrogen-bond donors (Lipinski definition) is 1. The van der Waals surface area contributed by atoms with Gasteiger partial charge in [-0.1, -0.05) is 43.3 Å². The van der Waals surface area contributed by atoms with Gasteiger partial charge in [-0.15, -0.1) is 0 Å². The van der Waals surface area contributed by atoms with Crippen molar-refractivity contribution in [3.63, 3.8) is 0 Å². The highest BCUT2D eigenvalue weighted by atomic mass is 32.2. The fourth-order valence-corrected chi connectivity index (χ4v) is 4.19. The summed E-state index contributed by atoms with van der Waals surface area (Å²) in [6.07, 6.45) is -3.96. The first-order valence-corrected chi connectivity index (χ1v) is 12.2. The summed E-state index contributed by atoms with van der Waals surface area (Å²) in [5, 5.41) is 2.86. The van der Waals surface area contributed by atoms with Gasteiger partial charge in [-0.25, -0.2) is 4.79 Å². The van der Waals surface area contributed by atoms with Gasteiger partial charge in [-0.2, -0.15) is 21.6 Å². The molecule has 35 heavy (non-hydrogen) atoms. The smallest absolute Gasteiger partial charge is 0.379 e. The molecule has 0 saturated carbocycles. The topological polar surface area (TPSA) is 75.7 Å². The first-order chi connectivity index (χ1) is 16.5. The molecule has 3 aromatic carbocycles. The van der Waals surface area contributed by atoms with Gasteiger partial charge in [-0.05, 0) is 61.4 Å². The average Bonchev–Trinajstić information content (AvgIpc) is 2.83. The monoisotopic (exact) mass is 506 g/mol. The van der Waals surface area contributed by atoms with Crippen LogP contribution in [0.3, 0.4) is 0 Å². The van der Waals surface area contributed by atoms with E-state index in [1.807, 2.05) is 32.0 Å². The number of amides is 2. The van der Waals surface area contributed by atoms with E-state index in [0.717, 1.165) is 30.2 Å². The number of hydrogen-bond acceptors (Lipinski definition) is 4. The van der Waals surface area contributed by atoms with Crippen molar-refractivity contribution in [1.82, 2.24) is 4.90 Å². The van der Waals surface area contributed by atoms with E-state index in [0.29, 0.717) is 11.8 Å². The van der Waals surface area contributed by atoms with Crippen LogP contribution in [-0.4, -0.2) is 25.4 Å². The second kappa shape index (κ2) is 10.8. The molecule has 0 radical (unpaired) electrons. The van der Waals surface area contributed by atoms with Gasteiger partial charge in [0.2, 0.25) is 0 Å². The molecule has 0 aliphatic carbocycles. The van der Waals surface area contributed by atoms with Gasteiger partial charge in [-0.3, -0.25) is 0 Å². The van der Waals surface area contributed by atoms with Crippen molar-refractivity contribution in [3.05, 3.63) is 90.0 Å². The summed E-state index contributed by atoms with van der Waals surface area (Å²) >= 11 is 0. The number of alkyl halides is 3. The Kier molecular flexibility index (Phi) is 8.06. The summed E-state index contributed by atoms with van der Waals surface area (Å²) < 4.78 is 68.8. The maximum atomic E-state index is 12.9. The summed E-state index contributed by atoms with van der Waals surface area (Å²) in [5.74, 6) is -0.0602. The van der Waals surface area contributed by atoms with Gasteiger partial charge in [0.25, 0.3) is 0 Å². The van der Waals surface area contributed by atoms with Crippen LogP contribution in [0.5, 0.6) is 5.75 Å². The summed E-state index contributed by atoms with van der Waals surface area (Å²) in [7, 11) is -4.47. The van der Waals surface area contributed by atoms with Gasteiger partial charge in [0.05, 0.1) is 5.56 Å². The zero-order valence-electron chi connectivity index (χ0n) is 19.1. The van der Waals surface area contributed by atoms with E-state index in [2.05, 4.69) is 5.32 Å². The quantitative estimate of drug-likeness (QED) is 0.364. The lowest BCUT2D eigenvalue weighted by Gasteiger charge is -2.29. The summed E-state index contributed by atoms with van der Waals surface area (Å²) in [4.78, 5) is 13.9. The molecule has 0 aliphatic rings. The normalized spacial score (nSPS) is 12.6. The molecule has 0 heterocycles. The fraction of sp³-hybridized carbons (Fsp3) is 0.240. The molecule has 0 saturated heterocycles. The Bertz CT molecular complexity index is 1250. The van der Waals surface area contributed by atoms with Gasteiger partial charge in [0.15, 0.2) is 0 Å². The molecule has 3 aromatic rings. The second-order valence-electron chi connectivity index (χ2n) is 7.89. The Morgan fingerprint density at radius 2 is 1.66 bits per heavy atom. The fourth-order valence-electron chi connectivity index (χ4n) is 3.21. The number of halogens is 3. The zero-order chi connectivity index (χ0) is 25.6. The molecule has 0 aliphatic heterocycles. The minimum atomic E-state index is -4.68. The molecule has 0 spiro atoms. The third-order valence-electron chi connectivity index (χ3n) is 5.34. The highest BCUT2D eigenvalue weighted by molar-refractivity contribution is 7.87. The molecule has 0 aromatic heterocycles. The van der Waals surface area contributed by atoms with E-state index in [4.69, 9.17) is 4.18 Å². The van der Waals surface area contributed by atoms with Crippen LogP contribution < -0.4 is 9.50 Å². The van der Waals surface area contributed by atoms with Gasteiger partial charge < -0.3 is 14.4 Å². The first kappa shape index (κ1) is 26.1. The van der Waals surface area contributed by atoms with Gasteiger partial charge >= 0.3 is 22.3 Å². The second-order valence-corrected chi connectivity index (χ2v) is 9.43. The summed E-state index contributed by atoms with van der Waals surface area (Å²) in [5.41, 5.74) is 0.295. The molecule has 6 nitrogen and oxygen atoms in total. The van der Waals surface area contributed by atoms with Crippen molar-refractivity contribution in [2.45, 2.75) is 43.9 Å². The van der Waals surface area contributed by atoms with Crippen LogP contribution in [0, 0.1) is 0 Å². The number of benzene rings is 3. The number of urea groups is 1. The minimum absolute atomic E-state index is 0.0602. The van der Waals surface area contributed by atoms with Crippen LogP contribution in [0.15, 0.2) is 83.8 Å². The SMILES string of the molecule is CCC(C)N(Cc1ccc(OS(=O)(=O)c2cccc(C(F)(F)F)c2)cc1)C(=O)Nc1ccccc1. The molecule has 10 heteroatoms. The molecule has 0 bridgehead atoms. The lowest BCUT2D eigenvalue weighted by molar-refractivity contribution is -0.137. The number of nitrogens with one attached hydrogen (secondary N) is 1. The molecule has 1 unspecified atom stereocenters. The number of anilines is 1. The van der Waals surface area contributed by atoms with Crippen LogP contribution in [0.2, 0.25) is 0 Å². The summed E-state index contributed by atoms with van der Waals surface area (Å²) in [6.45, 7) is 4.14. The molecule has 1 N–H and O–H groups in total. The largest absolute Gasteiger partial charge is 0.416 e. The number of carbonyl (C=O) groups is 1. The maximum absolute atomic E-state index is 12.9. The molecule has 186 valence electrons. The summed E-state index contributed by atoms with van der Waals surface area (Å²) in [6, 6.07) is 18.0. The van der Waals surface area contributed by atoms with E-state index in [-0.39, 0.29) is 24.4 Å². The number of nitrogens with zero attached hydrogens (tertiary/aromatic N) is 1. The molecule has 0 fully saturated rings.